The van der Waals surface area contributed by atoms with E-state index in [9.17, 15) is 0 Å². The van der Waals surface area contributed by atoms with Crippen LogP contribution >= 0.6 is 11.3 Å². The fraction of sp³-hybridized carbons (Fsp3) is 0.196. The molecule has 0 spiro atoms. The summed E-state index contributed by atoms with van der Waals surface area (Å²) >= 11 is 1.94. The highest BCUT2D eigenvalue weighted by Gasteiger charge is 2.37. The highest BCUT2D eigenvalue weighted by molar-refractivity contribution is 7.26. The van der Waals surface area contributed by atoms with E-state index >= 15 is 0 Å². The molecule has 0 unspecified atom stereocenters. The molecule has 240 valence electrons. The number of hydrogen-bond donors (Lipinski definition) is 0. The van der Waals surface area contributed by atoms with E-state index in [0.717, 1.165) is 16.9 Å². The van der Waals surface area contributed by atoms with Crippen molar-refractivity contribution in [1.82, 2.24) is 9.55 Å². The fourth-order valence-electron chi connectivity index (χ4n) is 8.33. The van der Waals surface area contributed by atoms with Crippen molar-refractivity contribution in [1.29, 1.82) is 0 Å². The number of fused-ring (bicyclic) bond motifs is 8. The standard InChI is InChI=1S/C46H40N2S/c1-27(2)36-25-30(29-15-8-7-9-16-29)26-37(28(3)4)42(36)48-40-22-13-12-21-39(40)47-45(48)35-19-14-18-33-34-24-23-32-31-17-10-11-20-38(31)46(5,6)41(32)44(34)49-43(33)35/h7-28H,1-6H3. The summed E-state index contributed by atoms with van der Waals surface area (Å²) in [5.41, 5.74) is 15.4. The van der Waals surface area contributed by atoms with Crippen molar-refractivity contribution in [2.45, 2.75) is 58.8 Å². The summed E-state index contributed by atoms with van der Waals surface area (Å²) in [5, 5.41) is 2.64. The topological polar surface area (TPSA) is 17.8 Å². The van der Waals surface area contributed by atoms with Crippen LogP contribution in [-0.4, -0.2) is 9.55 Å². The number of aromatic nitrogens is 2. The van der Waals surface area contributed by atoms with Crippen molar-refractivity contribution in [2.75, 3.05) is 0 Å². The van der Waals surface area contributed by atoms with Gasteiger partial charge < -0.3 is 0 Å². The van der Waals surface area contributed by atoms with E-state index in [4.69, 9.17) is 4.98 Å². The predicted octanol–water partition coefficient (Wildman–Crippen LogP) is 13.3. The van der Waals surface area contributed by atoms with Gasteiger partial charge in [0, 0.05) is 31.2 Å². The Labute approximate surface area is 292 Å². The van der Waals surface area contributed by atoms with Gasteiger partial charge in [-0.05, 0) is 86.7 Å². The van der Waals surface area contributed by atoms with E-state index in [0.29, 0.717) is 11.8 Å². The van der Waals surface area contributed by atoms with Crippen molar-refractivity contribution in [3.8, 4) is 39.3 Å². The predicted molar refractivity (Wildman–Crippen MR) is 211 cm³/mol. The lowest BCUT2D eigenvalue weighted by molar-refractivity contribution is 0.667. The summed E-state index contributed by atoms with van der Waals surface area (Å²) in [6, 6.07) is 44.8. The van der Waals surface area contributed by atoms with Gasteiger partial charge >= 0.3 is 0 Å². The number of thiophene rings is 1. The average molecular weight is 653 g/mol. The van der Waals surface area contributed by atoms with Gasteiger partial charge in [0.2, 0.25) is 0 Å². The number of rotatable bonds is 5. The maximum absolute atomic E-state index is 5.46. The summed E-state index contributed by atoms with van der Waals surface area (Å²) in [6.07, 6.45) is 0. The lowest BCUT2D eigenvalue weighted by Crippen LogP contribution is -2.14. The second-order valence-electron chi connectivity index (χ2n) is 14.8. The van der Waals surface area contributed by atoms with Gasteiger partial charge in [0.1, 0.15) is 5.82 Å². The molecule has 2 nitrogen and oxygen atoms in total. The van der Waals surface area contributed by atoms with Crippen LogP contribution in [0.5, 0.6) is 0 Å². The Morgan fingerprint density at radius 2 is 1.24 bits per heavy atom. The number of nitrogens with zero attached hydrogens (tertiary/aromatic N) is 2. The minimum atomic E-state index is -0.0710. The summed E-state index contributed by atoms with van der Waals surface area (Å²) in [5.74, 6) is 1.64. The first-order valence-electron chi connectivity index (χ1n) is 17.5. The van der Waals surface area contributed by atoms with Gasteiger partial charge in [-0.3, -0.25) is 4.57 Å². The molecule has 0 atom stereocenters. The first kappa shape index (κ1) is 30.1. The highest BCUT2D eigenvalue weighted by Crippen LogP contribution is 2.54. The largest absolute Gasteiger partial charge is 0.292 e. The van der Waals surface area contributed by atoms with E-state index in [-0.39, 0.29) is 5.41 Å². The third-order valence-electron chi connectivity index (χ3n) is 10.7. The molecule has 0 amide bonds. The molecule has 2 aromatic heterocycles. The van der Waals surface area contributed by atoms with Crippen LogP contribution in [0.15, 0.2) is 121 Å². The van der Waals surface area contributed by atoms with Gasteiger partial charge in [-0.1, -0.05) is 133 Å². The molecule has 0 saturated carbocycles. The molecule has 0 fully saturated rings. The van der Waals surface area contributed by atoms with Gasteiger partial charge in [0.15, 0.2) is 0 Å². The maximum atomic E-state index is 5.46. The number of hydrogen-bond acceptors (Lipinski definition) is 2. The average Bonchev–Trinajstić information content (AvgIpc) is 3.76. The zero-order chi connectivity index (χ0) is 33.6. The van der Waals surface area contributed by atoms with Crippen LogP contribution in [0.25, 0.3) is 70.5 Å². The molecule has 0 bridgehead atoms. The number of benzene rings is 6. The van der Waals surface area contributed by atoms with Crippen LogP contribution in [-0.2, 0) is 5.41 Å². The monoisotopic (exact) mass is 652 g/mol. The SMILES string of the molecule is CC(C)c1cc(-c2ccccc2)cc(C(C)C)c1-n1c(-c2cccc3c2sc2c4c(ccc23)-c2ccccc2C4(C)C)nc2ccccc21. The summed E-state index contributed by atoms with van der Waals surface area (Å²) in [7, 11) is 0. The molecule has 6 aromatic carbocycles. The zero-order valence-corrected chi connectivity index (χ0v) is 29.8. The van der Waals surface area contributed by atoms with E-state index in [1.165, 1.54) is 75.9 Å². The molecule has 2 heterocycles. The van der Waals surface area contributed by atoms with Crippen LogP contribution in [0.3, 0.4) is 0 Å². The van der Waals surface area contributed by atoms with Crippen molar-refractivity contribution in [3.63, 3.8) is 0 Å². The van der Waals surface area contributed by atoms with E-state index in [1.807, 2.05) is 11.3 Å². The lowest BCUT2D eigenvalue weighted by Gasteiger charge is -2.24. The van der Waals surface area contributed by atoms with Crippen LogP contribution in [0.1, 0.15) is 75.6 Å². The van der Waals surface area contributed by atoms with Crippen molar-refractivity contribution in [2.24, 2.45) is 0 Å². The molecule has 1 aliphatic carbocycles. The number of para-hydroxylation sites is 2. The Kier molecular flexibility index (Phi) is 6.77. The third kappa shape index (κ3) is 4.41. The van der Waals surface area contributed by atoms with Crippen LogP contribution in [0.2, 0.25) is 0 Å². The Morgan fingerprint density at radius 1 is 0.592 bits per heavy atom. The number of imidazole rings is 1. The maximum Gasteiger partial charge on any atom is 0.147 e. The molecule has 49 heavy (non-hydrogen) atoms. The molecule has 0 saturated heterocycles. The second-order valence-corrected chi connectivity index (χ2v) is 15.8. The Bertz CT molecular complexity index is 2550. The minimum Gasteiger partial charge on any atom is -0.292 e. The molecular weight excluding hydrogens is 613 g/mol. The molecule has 9 rings (SSSR count). The van der Waals surface area contributed by atoms with Crippen LogP contribution in [0.4, 0.5) is 0 Å². The normalized spacial score (nSPS) is 13.6. The fourth-order valence-corrected chi connectivity index (χ4v) is 9.85. The van der Waals surface area contributed by atoms with E-state index in [1.54, 1.807) is 0 Å². The zero-order valence-electron chi connectivity index (χ0n) is 29.0. The molecule has 0 radical (unpaired) electrons. The second kappa shape index (κ2) is 11.0. The lowest BCUT2D eigenvalue weighted by atomic mass is 9.82. The third-order valence-corrected chi connectivity index (χ3v) is 12.0. The van der Waals surface area contributed by atoms with Gasteiger partial charge in [0.25, 0.3) is 0 Å². The van der Waals surface area contributed by atoms with Gasteiger partial charge in [0.05, 0.1) is 16.7 Å². The van der Waals surface area contributed by atoms with E-state index in [2.05, 4.69) is 167 Å². The van der Waals surface area contributed by atoms with Crippen LogP contribution in [0, 0.1) is 0 Å². The molecule has 3 heteroatoms. The smallest absolute Gasteiger partial charge is 0.147 e. The Morgan fingerprint density at radius 3 is 2.00 bits per heavy atom. The quantitative estimate of drug-likeness (QED) is 0.181. The Hall–Kier alpha value is -4.99. The summed E-state index contributed by atoms with van der Waals surface area (Å²) in [6.45, 7) is 14.1. The van der Waals surface area contributed by atoms with Crippen molar-refractivity contribution in [3.05, 3.63) is 144 Å². The summed E-state index contributed by atoms with van der Waals surface area (Å²) < 4.78 is 5.17. The molecular formula is C46H40N2S. The molecule has 0 N–H and O–H groups in total. The Balaban J connectivity index is 1.35. The highest BCUT2D eigenvalue weighted by atomic mass is 32.1. The molecule has 8 aromatic rings. The molecule has 0 aliphatic heterocycles. The summed E-state index contributed by atoms with van der Waals surface area (Å²) in [4.78, 5) is 5.46. The van der Waals surface area contributed by atoms with Gasteiger partial charge in [-0.25, -0.2) is 4.98 Å². The van der Waals surface area contributed by atoms with Crippen molar-refractivity contribution >= 4 is 42.5 Å². The van der Waals surface area contributed by atoms with Crippen LogP contribution < -0.4 is 0 Å². The molecule has 1 aliphatic rings. The minimum absolute atomic E-state index is 0.0710. The first-order valence-corrected chi connectivity index (χ1v) is 18.4. The van der Waals surface area contributed by atoms with Gasteiger partial charge in [-0.15, -0.1) is 11.3 Å². The van der Waals surface area contributed by atoms with E-state index < -0.39 is 0 Å². The first-order chi connectivity index (χ1) is 23.7. The van der Waals surface area contributed by atoms with Gasteiger partial charge in [-0.2, -0.15) is 0 Å². The van der Waals surface area contributed by atoms with Crippen molar-refractivity contribution < 1.29 is 0 Å².